The summed E-state index contributed by atoms with van der Waals surface area (Å²) in [5, 5.41) is 3.10. The van der Waals surface area contributed by atoms with E-state index in [2.05, 4.69) is 47.2 Å². The van der Waals surface area contributed by atoms with Gasteiger partial charge in [0.05, 0.1) is 0 Å². The van der Waals surface area contributed by atoms with Gasteiger partial charge in [-0.3, -0.25) is 14.7 Å². The summed E-state index contributed by atoms with van der Waals surface area (Å²) in [6.07, 6.45) is 6.91. The van der Waals surface area contributed by atoms with E-state index in [1.807, 2.05) is 18.3 Å². The summed E-state index contributed by atoms with van der Waals surface area (Å²) in [4.78, 5) is 19.2. The molecular weight excluding hydrogens is 334 g/mol. The molecule has 1 unspecified atom stereocenters. The number of likely N-dealkylation sites (tertiary alicyclic amines) is 1. The molecule has 0 bridgehead atoms. The van der Waals surface area contributed by atoms with E-state index >= 15 is 0 Å². The second-order valence-electron chi connectivity index (χ2n) is 8.40. The van der Waals surface area contributed by atoms with E-state index in [9.17, 15) is 4.79 Å². The van der Waals surface area contributed by atoms with Crippen LogP contribution >= 0.6 is 0 Å². The first-order valence-corrected chi connectivity index (χ1v) is 10.0. The standard InChI is InChI=1S/C23H29N3O/c1-17-5-6-20(18(2)12-17)16-26-10-7-23(8-11-26)13-21(23)22(27)25-15-19-4-3-9-24-14-19/h3-6,9,12,14,21H,7-8,10-11,13,15-16H2,1-2H3,(H,25,27). The molecule has 1 aliphatic carbocycles. The number of hydrogen-bond donors (Lipinski definition) is 1. The zero-order valence-electron chi connectivity index (χ0n) is 16.4. The monoisotopic (exact) mass is 363 g/mol. The van der Waals surface area contributed by atoms with Gasteiger partial charge in [0.25, 0.3) is 0 Å². The Morgan fingerprint density at radius 3 is 2.78 bits per heavy atom. The molecule has 142 valence electrons. The number of aromatic nitrogens is 1. The van der Waals surface area contributed by atoms with Gasteiger partial charge in [-0.05, 0) is 74.4 Å². The minimum Gasteiger partial charge on any atom is -0.352 e. The van der Waals surface area contributed by atoms with E-state index in [1.54, 1.807) is 6.20 Å². The van der Waals surface area contributed by atoms with Gasteiger partial charge in [0.15, 0.2) is 0 Å². The second-order valence-corrected chi connectivity index (χ2v) is 8.40. The van der Waals surface area contributed by atoms with Crippen LogP contribution in [0, 0.1) is 25.2 Å². The average Bonchev–Trinajstić information content (AvgIpc) is 3.38. The molecule has 0 radical (unpaired) electrons. The summed E-state index contributed by atoms with van der Waals surface area (Å²) in [6, 6.07) is 10.6. The number of rotatable bonds is 5. The van der Waals surface area contributed by atoms with Crippen molar-refractivity contribution in [1.29, 1.82) is 0 Å². The van der Waals surface area contributed by atoms with Crippen LogP contribution in [-0.4, -0.2) is 28.9 Å². The van der Waals surface area contributed by atoms with Crippen LogP contribution in [0.25, 0.3) is 0 Å². The second kappa shape index (κ2) is 7.43. The van der Waals surface area contributed by atoms with Crippen LogP contribution in [0.15, 0.2) is 42.7 Å². The van der Waals surface area contributed by atoms with Gasteiger partial charge in [-0.1, -0.05) is 29.8 Å². The third kappa shape index (κ3) is 4.06. The van der Waals surface area contributed by atoms with E-state index in [-0.39, 0.29) is 17.2 Å². The van der Waals surface area contributed by atoms with Crippen molar-refractivity contribution in [2.75, 3.05) is 13.1 Å². The van der Waals surface area contributed by atoms with Crippen molar-refractivity contribution in [3.8, 4) is 0 Å². The number of nitrogens with zero attached hydrogens (tertiary/aromatic N) is 2. The topological polar surface area (TPSA) is 45.2 Å². The highest BCUT2D eigenvalue weighted by Crippen LogP contribution is 2.59. The van der Waals surface area contributed by atoms with Crippen molar-refractivity contribution >= 4 is 5.91 Å². The Bertz CT molecular complexity index is 810. The first-order chi connectivity index (χ1) is 13.1. The summed E-state index contributed by atoms with van der Waals surface area (Å²) >= 11 is 0. The van der Waals surface area contributed by atoms with Crippen LogP contribution in [0.1, 0.15) is 41.5 Å². The van der Waals surface area contributed by atoms with Gasteiger partial charge < -0.3 is 5.32 Å². The highest BCUT2D eigenvalue weighted by Gasteiger charge is 2.58. The maximum atomic E-state index is 12.6. The fraction of sp³-hybridized carbons (Fsp3) is 0.478. The van der Waals surface area contributed by atoms with Crippen molar-refractivity contribution in [2.24, 2.45) is 11.3 Å². The number of carbonyl (C=O) groups excluding carboxylic acids is 1. The zero-order chi connectivity index (χ0) is 18.9. The molecule has 27 heavy (non-hydrogen) atoms. The number of benzene rings is 1. The van der Waals surface area contributed by atoms with Crippen LogP contribution in [-0.2, 0) is 17.9 Å². The Hall–Kier alpha value is -2.20. The van der Waals surface area contributed by atoms with Gasteiger partial charge >= 0.3 is 0 Å². The largest absolute Gasteiger partial charge is 0.352 e. The van der Waals surface area contributed by atoms with Gasteiger partial charge in [-0.25, -0.2) is 0 Å². The molecule has 4 nitrogen and oxygen atoms in total. The SMILES string of the molecule is Cc1ccc(CN2CCC3(CC2)CC3C(=O)NCc2cccnc2)c(C)c1. The quantitative estimate of drug-likeness (QED) is 0.882. The molecule has 4 rings (SSSR count). The third-order valence-electron chi connectivity index (χ3n) is 6.44. The molecule has 1 atom stereocenters. The fourth-order valence-corrected chi connectivity index (χ4v) is 4.51. The lowest BCUT2D eigenvalue weighted by Gasteiger charge is -2.33. The Balaban J connectivity index is 1.26. The summed E-state index contributed by atoms with van der Waals surface area (Å²) in [5.74, 6) is 0.430. The molecule has 1 saturated carbocycles. The molecule has 2 aliphatic rings. The van der Waals surface area contributed by atoms with Crippen LogP contribution in [0.2, 0.25) is 0 Å². The van der Waals surface area contributed by atoms with Gasteiger partial charge in [-0.2, -0.15) is 0 Å². The number of nitrogens with one attached hydrogen (secondary N) is 1. The maximum Gasteiger partial charge on any atom is 0.223 e. The van der Waals surface area contributed by atoms with Crippen molar-refractivity contribution in [2.45, 2.75) is 46.2 Å². The number of piperidine rings is 1. The van der Waals surface area contributed by atoms with Crippen molar-refractivity contribution in [3.63, 3.8) is 0 Å². The van der Waals surface area contributed by atoms with Crippen LogP contribution in [0.3, 0.4) is 0 Å². The van der Waals surface area contributed by atoms with Crippen molar-refractivity contribution in [3.05, 3.63) is 65.0 Å². The van der Waals surface area contributed by atoms with Gasteiger partial charge in [0.1, 0.15) is 0 Å². The first kappa shape index (κ1) is 18.2. The van der Waals surface area contributed by atoms with Crippen molar-refractivity contribution in [1.82, 2.24) is 15.2 Å². The smallest absolute Gasteiger partial charge is 0.223 e. The number of carbonyl (C=O) groups is 1. The molecule has 1 aromatic carbocycles. The predicted octanol–water partition coefficient (Wildman–Crippen LogP) is 3.62. The predicted molar refractivity (Wildman–Crippen MR) is 107 cm³/mol. The summed E-state index contributed by atoms with van der Waals surface area (Å²) in [7, 11) is 0. The Labute approximate surface area is 162 Å². The minimum absolute atomic E-state index is 0.206. The molecular formula is C23H29N3O. The molecule has 2 aromatic rings. The summed E-state index contributed by atoms with van der Waals surface area (Å²) in [5.41, 5.74) is 5.46. The lowest BCUT2D eigenvalue weighted by Crippen LogP contribution is -2.36. The summed E-state index contributed by atoms with van der Waals surface area (Å²) < 4.78 is 0. The maximum absolute atomic E-state index is 12.6. The number of pyridine rings is 1. The molecule has 1 spiro atoms. The van der Waals surface area contributed by atoms with Crippen LogP contribution in [0.4, 0.5) is 0 Å². The Morgan fingerprint density at radius 2 is 2.07 bits per heavy atom. The van der Waals surface area contributed by atoms with Gasteiger partial charge in [0, 0.05) is 31.4 Å². The summed E-state index contributed by atoms with van der Waals surface area (Å²) in [6.45, 7) is 8.16. The van der Waals surface area contributed by atoms with E-state index in [1.165, 1.54) is 16.7 Å². The highest BCUT2D eigenvalue weighted by atomic mass is 16.2. The minimum atomic E-state index is 0.206. The molecule has 1 aliphatic heterocycles. The number of amides is 1. The zero-order valence-corrected chi connectivity index (χ0v) is 16.4. The number of hydrogen-bond acceptors (Lipinski definition) is 3. The molecule has 1 N–H and O–H groups in total. The fourth-order valence-electron chi connectivity index (χ4n) is 4.51. The lowest BCUT2D eigenvalue weighted by atomic mass is 9.90. The first-order valence-electron chi connectivity index (χ1n) is 10.0. The molecule has 2 heterocycles. The normalized spacial score (nSPS) is 21.2. The highest BCUT2D eigenvalue weighted by molar-refractivity contribution is 5.82. The van der Waals surface area contributed by atoms with Gasteiger partial charge in [-0.15, -0.1) is 0 Å². The lowest BCUT2D eigenvalue weighted by molar-refractivity contribution is -0.123. The van der Waals surface area contributed by atoms with Crippen LogP contribution < -0.4 is 5.32 Å². The third-order valence-corrected chi connectivity index (χ3v) is 6.44. The molecule has 1 amide bonds. The van der Waals surface area contributed by atoms with Crippen molar-refractivity contribution < 1.29 is 4.79 Å². The average molecular weight is 364 g/mol. The molecule has 1 saturated heterocycles. The van der Waals surface area contributed by atoms with Gasteiger partial charge in [0.2, 0.25) is 5.91 Å². The van der Waals surface area contributed by atoms with E-state index in [0.717, 1.165) is 44.5 Å². The van der Waals surface area contributed by atoms with E-state index < -0.39 is 0 Å². The Morgan fingerprint density at radius 1 is 1.26 bits per heavy atom. The van der Waals surface area contributed by atoms with Crippen LogP contribution in [0.5, 0.6) is 0 Å². The Kier molecular flexibility index (Phi) is 5.00. The van der Waals surface area contributed by atoms with E-state index in [4.69, 9.17) is 0 Å². The molecule has 2 fully saturated rings. The van der Waals surface area contributed by atoms with E-state index in [0.29, 0.717) is 6.54 Å². The molecule has 1 aromatic heterocycles. The number of aryl methyl sites for hydroxylation is 2. The molecule has 4 heteroatoms.